The summed E-state index contributed by atoms with van der Waals surface area (Å²) >= 11 is 1.20. The number of nitrogens with one attached hydrogen (secondary N) is 1. The van der Waals surface area contributed by atoms with E-state index in [1.807, 2.05) is 44.2 Å². The Bertz CT molecular complexity index is 2170. The van der Waals surface area contributed by atoms with Gasteiger partial charge < -0.3 is 14.5 Å². The quantitative estimate of drug-likeness (QED) is 0.185. The zero-order valence-corrected chi connectivity index (χ0v) is 25.7. The van der Waals surface area contributed by atoms with Crippen molar-refractivity contribution in [2.24, 2.45) is 4.99 Å². The number of furan rings is 1. The lowest BCUT2D eigenvalue weighted by molar-refractivity contribution is -0.384. The van der Waals surface area contributed by atoms with Crippen molar-refractivity contribution in [3.8, 4) is 17.1 Å². The van der Waals surface area contributed by atoms with Crippen molar-refractivity contribution in [2.45, 2.75) is 26.8 Å². The van der Waals surface area contributed by atoms with Crippen LogP contribution in [0.25, 0.3) is 17.4 Å². The van der Waals surface area contributed by atoms with Crippen molar-refractivity contribution in [2.75, 3.05) is 12.4 Å². The molecule has 1 aliphatic heterocycles. The fraction of sp³-hybridized carbons (Fsp3) is 0.147. The molecule has 1 atom stereocenters. The molecule has 0 saturated carbocycles. The number of non-ortho nitro benzene ring substituents is 1. The molecular formula is C34H28N4O6S. The standard InChI is InChI=1S/C34H28N4O6S/c1-19-5-15-27(20(2)17-19)36-32(39)30-21(3)35-34-37(31(30)23-8-12-25(43-4)13-9-23)33(40)29(45-34)18-26-14-16-28(44-26)22-6-10-24(11-7-22)38(41)42/h5-18,31H,1-4H3,(H,36,39)/b29-18-/t31-/m0/s1. The Balaban J connectivity index is 1.42. The van der Waals surface area contributed by atoms with Gasteiger partial charge in [-0.05, 0) is 74.4 Å². The van der Waals surface area contributed by atoms with Gasteiger partial charge in [0.05, 0.1) is 33.9 Å². The third-order valence-electron chi connectivity index (χ3n) is 7.59. The molecule has 0 unspecified atom stereocenters. The first-order valence-corrected chi connectivity index (χ1v) is 14.8. The van der Waals surface area contributed by atoms with E-state index < -0.39 is 11.0 Å². The van der Waals surface area contributed by atoms with Crippen molar-refractivity contribution in [1.82, 2.24) is 4.57 Å². The second kappa shape index (κ2) is 11.9. The molecule has 5 aromatic rings. The molecule has 0 fully saturated rings. The molecule has 0 aliphatic carbocycles. The molecule has 0 saturated heterocycles. The number of aromatic nitrogens is 1. The Labute approximate surface area is 261 Å². The SMILES string of the molecule is COc1ccc([C@H]2C(C(=O)Nc3ccc(C)cc3C)=C(C)N=c3s/c(=C\c4ccc(-c5ccc([N+](=O)[O-])cc5)o4)c(=O)n32)cc1. The molecule has 1 aliphatic rings. The van der Waals surface area contributed by atoms with Gasteiger partial charge in [-0.25, -0.2) is 4.99 Å². The summed E-state index contributed by atoms with van der Waals surface area (Å²) in [7, 11) is 1.58. The van der Waals surface area contributed by atoms with E-state index in [1.165, 1.54) is 23.5 Å². The molecule has 2 aromatic heterocycles. The number of thiazole rings is 1. The summed E-state index contributed by atoms with van der Waals surface area (Å²) in [5.41, 5.74) is 4.60. The van der Waals surface area contributed by atoms with Crippen molar-refractivity contribution < 1.29 is 18.9 Å². The number of fused-ring (bicyclic) bond motifs is 1. The first-order valence-electron chi connectivity index (χ1n) is 14.0. The van der Waals surface area contributed by atoms with Gasteiger partial charge in [-0.3, -0.25) is 24.3 Å². The molecule has 0 spiro atoms. The number of ether oxygens (including phenoxy) is 1. The molecule has 3 aromatic carbocycles. The van der Waals surface area contributed by atoms with E-state index >= 15 is 0 Å². The molecule has 226 valence electrons. The molecular weight excluding hydrogens is 592 g/mol. The Morgan fingerprint density at radius 1 is 1.04 bits per heavy atom. The number of anilines is 1. The van der Waals surface area contributed by atoms with Gasteiger partial charge in [-0.1, -0.05) is 41.2 Å². The average Bonchev–Trinajstić information content (AvgIpc) is 3.62. The van der Waals surface area contributed by atoms with E-state index in [0.717, 1.165) is 16.7 Å². The molecule has 11 heteroatoms. The lowest BCUT2D eigenvalue weighted by Crippen LogP contribution is -2.40. The van der Waals surface area contributed by atoms with Crippen LogP contribution in [-0.4, -0.2) is 22.5 Å². The number of nitrogens with zero attached hydrogens (tertiary/aromatic N) is 3. The van der Waals surface area contributed by atoms with E-state index in [0.29, 0.717) is 49.1 Å². The number of hydrogen-bond acceptors (Lipinski definition) is 8. The maximum Gasteiger partial charge on any atom is 0.271 e. The Morgan fingerprint density at radius 3 is 2.44 bits per heavy atom. The second-order valence-corrected chi connectivity index (χ2v) is 11.6. The van der Waals surface area contributed by atoms with Crippen LogP contribution < -0.4 is 24.9 Å². The van der Waals surface area contributed by atoms with Crippen LogP contribution in [-0.2, 0) is 4.79 Å². The summed E-state index contributed by atoms with van der Waals surface area (Å²) in [4.78, 5) is 43.6. The number of carbonyl (C=O) groups excluding carboxylic acids is 1. The van der Waals surface area contributed by atoms with Crippen LogP contribution in [0, 0.1) is 24.0 Å². The van der Waals surface area contributed by atoms with E-state index in [2.05, 4.69) is 5.32 Å². The number of amides is 1. The van der Waals surface area contributed by atoms with E-state index in [1.54, 1.807) is 61.1 Å². The summed E-state index contributed by atoms with van der Waals surface area (Å²) in [6.45, 7) is 5.69. The number of carbonyl (C=O) groups is 1. The minimum Gasteiger partial charge on any atom is -0.497 e. The zero-order valence-electron chi connectivity index (χ0n) is 24.9. The second-order valence-electron chi connectivity index (χ2n) is 10.6. The number of nitro benzene ring substituents is 1. The third-order valence-corrected chi connectivity index (χ3v) is 8.57. The highest BCUT2D eigenvalue weighted by atomic mass is 32.1. The Kier molecular flexibility index (Phi) is 7.78. The first-order chi connectivity index (χ1) is 21.6. The summed E-state index contributed by atoms with van der Waals surface area (Å²) in [6.07, 6.45) is 1.64. The van der Waals surface area contributed by atoms with Crippen molar-refractivity contribution >= 4 is 34.7 Å². The van der Waals surface area contributed by atoms with E-state index in [-0.39, 0.29) is 17.2 Å². The fourth-order valence-electron chi connectivity index (χ4n) is 5.32. The minimum atomic E-state index is -0.743. The highest BCUT2D eigenvalue weighted by molar-refractivity contribution is 7.07. The zero-order chi connectivity index (χ0) is 31.8. The fourth-order valence-corrected chi connectivity index (χ4v) is 6.35. The smallest absolute Gasteiger partial charge is 0.271 e. The van der Waals surface area contributed by atoms with Gasteiger partial charge in [0.25, 0.3) is 17.2 Å². The predicted molar refractivity (Wildman–Crippen MR) is 172 cm³/mol. The summed E-state index contributed by atoms with van der Waals surface area (Å²) < 4.78 is 13.2. The average molecular weight is 621 g/mol. The third kappa shape index (κ3) is 5.73. The molecule has 6 rings (SSSR count). The first kappa shape index (κ1) is 29.5. The van der Waals surface area contributed by atoms with Crippen LogP contribution >= 0.6 is 11.3 Å². The molecule has 45 heavy (non-hydrogen) atoms. The number of allylic oxidation sites excluding steroid dienone is 1. The van der Waals surface area contributed by atoms with Gasteiger partial charge in [0.15, 0.2) is 4.80 Å². The number of methoxy groups -OCH3 is 1. The molecule has 0 bridgehead atoms. The molecule has 0 radical (unpaired) electrons. The lowest BCUT2D eigenvalue weighted by atomic mass is 9.95. The number of nitro groups is 1. The van der Waals surface area contributed by atoms with Crippen LogP contribution in [0.2, 0.25) is 0 Å². The van der Waals surface area contributed by atoms with Gasteiger partial charge in [-0.15, -0.1) is 0 Å². The number of benzene rings is 3. The van der Waals surface area contributed by atoms with Crippen LogP contribution in [0.1, 0.15) is 35.4 Å². The van der Waals surface area contributed by atoms with Crippen molar-refractivity contribution in [3.63, 3.8) is 0 Å². The minimum absolute atomic E-state index is 0.0181. The van der Waals surface area contributed by atoms with Crippen molar-refractivity contribution in [1.29, 1.82) is 0 Å². The van der Waals surface area contributed by atoms with Gasteiger partial charge >= 0.3 is 0 Å². The molecule has 1 N–H and O–H groups in total. The normalized spacial score (nSPS) is 14.6. The number of aryl methyl sites for hydroxylation is 2. The van der Waals surface area contributed by atoms with E-state index in [4.69, 9.17) is 14.1 Å². The monoisotopic (exact) mass is 620 g/mol. The number of rotatable bonds is 7. The molecule has 10 nitrogen and oxygen atoms in total. The molecule has 1 amide bonds. The Morgan fingerprint density at radius 2 is 1.78 bits per heavy atom. The number of hydrogen-bond donors (Lipinski definition) is 1. The van der Waals surface area contributed by atoms with Gasteiger partial charge in [-0.2, -0.15) is 0 Å². The highest BCUT2D eigenvalue weighted by Gasteiger charge is 2.32. The predicted octanol–water partition coefficient (Wildman–Crippen LogP) is 5.67. The largest absolute Gasteiger partial charge is 0.497 e. The summed E-state index contributed by atoms with van der Waals surface area (Å²) in [6, 6.07) is 21.8. The van der Waals surface area contributed by atoms with Crippen molar-refractivity contribution in [3.05, 3.63) is 142 Å². The summed E-state index contributed by atoms with van der Waals surface area (Å²) in [5.74, 6) is 1.23. The lowest BCUT2D eigenvalue weighted by Gasteiger charge is -2.25. The van der Waals surface area contributed by atoms with Crippen LogP contribution in [0.5, 0.6) is 5.75 Å². The van der Waals surface area contributed by atoms with Crippen LogP contribution in [0.4, 0.5) is 11.4 Å². The maximum absolute atomic E-state index is 14.0. The topological polar surface area (TPSA) is 129 Å². The Hall–Kier alpha value is -5.55. The maximum atomic E-state index is 14.0. The molecule has 3 heterocycles. The summed E-state index contributed by atoms with van der Waals surface area (Å²) in [5, 5.41) is 14.0. The van der Waals surface area contributed by atoms with Gasteiger partial charge in [0.2, 0.25) is 0 Å². The van der Waals surface area contributed by atoms with Gasteiger partial charge in [0.1, 0.15) is 17.3 Å². The van der Waals surface area contributed by atoms with Gasteiger partial charge in [0, 0.05) is 29.5 Å². The highest BCUT2D eigenvalue weighted by Crippen LogP contribution is 2.32. The van der Waals surface area contributed by atoms with E-state index in [9.17, 15) is 19.7 Å². The van der Waals surface area contributed by atoms with Crippen LogP contribution in [0.15, 0.2) is 104 Å². The van der Waals surface area contributed by atoms with Crippen LogP contribution in [0.3, 0.4) is 0 Å².